The third kappa shape index (κ3) is 6.23. The van der Waals surface area contributed by atoms with Crippen LogP contribution in [-0.2, 0) is 26.2 Å². The van der Waals surface area contributed by atoms with Gasteiger partial charge < -0.3 is 19.7 Å². The fourth-order valence-corrected chi connectivity index (χ4v) is 5.26. The van der Waals surface area contributed by atoms with Crippen LogP contribution in [0.2, 0.25) is 0 Å². The molecule has 1 atom stereocenters. The molecule has 0 spiro atoms. The Bertz CT molecular complexity index is 1380. The molecule has 0 saturated heterocycles. The first kappa shape index (κ1) is 28.5. The van der Waals surface area contributed by atoms with E-state index in [9.17, 15) is 22.4 Å². The smallest absolute Gasteiger partial charge is 0.264 e. The van der Waals surface area contributed by atoms with E-state index in [1.54, 1.807) is 24.3 Å². The molecular weight excluding hydrogens is 513 g/mol. The number of hydrogen-bond acceptors (Lipinski definition) is 6. The van der Waals surface area contributed by atoms with Gasteiger partial charge in [0.25, 0.3) is 10.0 Å². The Balaban J connectivity index is 2.09. The van der Waals surface area contributed by atoms with E-state index in [-0.39, 0.29) is 28.4 Å². The van der Waals surface area contributed by atoms with Crippen LogP contribution >= 0.6 is 0 Å². The molecule has 0 aromatic heterocycles. The number of ether oxygens (including phenoxy) is 2. The summed E-state index contributed by atoms with van der Waals surface area (Å²) < 4.78 is 53.5. The molecule has 3 aromatic rings. The SMILES string of the molecule is CNC(=O)[C@H](C)N(Cc1ccccc1F)C(=O)CN(c1ccc(OC)c(OC)c1)S(=O)(=O)c1ccccc1. The number of amides is 2. The number of methoxy groups -OCH3 is 2. The summed E-state index contributed by atoms with van der Waals surface area (Å²) in [4.78, 5) is 27.3. The molecule has 0 saturated carbocycles. The monoisotopic (exact) mass is 543 g/mol. The number of hydrogen-bond donors (Lipinski definition) is 1. The van der Waals surface area contributed by atoms with Gasteiger partial charge in [0.2, 0.25) is 11.8 Å². The van der Waals surface area contributed by atoms with Crippen molar-refractivity contribution in [2.75, 3.05) is 32.1 Å². The number of halogens is 1. The first-order valence-electron chi connectivity index (χ1n) is 11.7. The number of carbonyl (C=O) groups is 2. The third-order valence-corrected chi connectivity index (χ3v) is 7.77. The van der Waals surface area contributed by atoms with E-state index in [1.165, 1.54) is 76.7 Å². The largest absolute Gasteiger partial charge is 0.493 e. The first-order chi connectivity index (χ1) is 18.1. The van der Waals surface area contributed by atoms with E-state index in [0.29, 0.717) is 5.75 Å². The predicted molar refractivity (Wildman–Crippen MR) is 141 cm³/mol. The van der Waals surface area contributed by atoms with Crippen molar-refractivity contribution in [3.05, 3.63) is 84.2 Å². The normalized spacial score (nSPS) is 11.8. The number of likely N-dealkylation sites (N-methyl/N-ethyl adjacent to an activating group) is 1. The van der Waals surface area contributed by atoms with Crippen molar-refractivity contribution in [2.45, 2.75) is 24.4 Å². The Morgan fingerprint density at radius 1 is 0.947 bits per heavy atom. The minimum Gasteiger partial charge on any atom is -0.493 e. The van der Waals surface area contributed by atoms with Gasteiger partial charge in [0.15, 0.2) is 11.5 Å². The fourth-order valence-electron chi connectivity index (χ4n) is 3.83. The summed E-state index contributed by atoms with van der Waals surface area (Å²) in [6.07, 6.45) is 0. The van der Waals surface area contributed by atoms with Gasteiger partial charge in [-0.25, -0.2) is 12.8 Å². The van der Waals surface area contributed by atoms with Crippen LogP contribution < -0.4 is 19.1 Å². The van der Waals surface area contributed by atoms with E-state index in [2.05, 4.69) is 5.32 Å². The van der Waals surface area contributed by atoms with Crippen molar-refractivity contribution in [3.8, 4) is 11.5 Å². The molecule has 1 N–H and O–H groups in total. The van der Waals surface area contributed by atoms with Crippen LogP contribution in [0.4, 0.5) is 10.1 Å². The first-order valence-corrected chi connectivity index (χ1v) is 13.1. The maximum absolute atomic E-state index is 14.5. The molecule has 202 valence electrons. The molecule has 0 bridgehead atoms. The van der Waals surface area contributed by atoms with Crippen LogP contribution in [0.1, 0.15) is 12.5 Å². The Kier molecular flexibility index (Phi) is 9.30. The molecule has 0 aliphatic rings. The lowest BCUT2D eigenvalue weighted by Crippen LogP contribution is -2.50. The van der Waals surface area contributed by atoms with E-state index >= 15 is 0 Å². The zero-order valence-corrected chi connectivity index (χ0v) is 22.4. The Labute approximate surface area is 221 Å². The zero-order chi connectivity index (χ0) is 27.9. The van der Waals surface area contributed by atoms with E-state index in [4.69, 9.17) is 9.47 Å². The Morgan fingerprint density at radius 3 is 2.18 bits per heavy atom. The molecular formula is C27H30FN3O6S. The topological polar surface area (TPSA) is 105 Å². The van der Waals surface area contributed by atoms with Gasteiger partial charge in [-0.1, -0.05) is 36.4 Å². The van der Waals surface area contributed by atoms with Crippen molar-refractivity contribution in [3.63, 3.8) is 0 Å². The summed E-state index contributed by atoms with van der Waals surface area (Å²) in [7, 11) is 0.0236. The van der Waals surface area contributed by atoms with Crippen LogP contribution in [0, 0.1) is 5.82 Å². The molecule has 0 radical (unpaired) electrons. The average Bonchev–Trinajstić information content (AvgIpc) is 2.94. The summed E-state index contributed by atoms with van der Waals surface area (Å²) >= 11 is 0. The maximum atomic E-state index is 14.5. The lowest BCUT2D eigenvalue weighted by atomic mass is 10.1. The van der Waals surface area contributed by atoms with Crippen LogP contribution in [0.5, 0.6) is 11.5 Å². The number of sulfonamides is 1. The number of rotatable bonds is 11. The molecule has 0 fully saturated rings. The summed E-state index contributed by atoms with van der Waals surface area (Å²) in [6, 6.07) is 16.9. The molecule has 0 heterocycles. The minimum atomic E-state index is -4.24. The van der Waals surface area contributed by atoms with E-state index < -0.39 is 40.2 Å². The van der Waals surface area contributed by atoms with Crippen LogP contribution in [0.3, 0.4) is 0 Å². The molecule has 0 aliphatic carbocycles. The van der Waals surface area contributed by atoms with Crippen molar-refractivity contribution < 1.29 is 31.9 Å². The summed E-state index contributed by atoms with van der Waals surface area (Å²) in [6.45, 7) is 0.581. The van der Waals surface area contributed by atoms with Crippen molar-refractivity contribution >= 4 is 27.5 Å². The zero-order valence-electron chi connectivity index (χ0n) is 21.5. The van der Waals surface area contributed by atoms with Crippen molar-refractivity contribution in [1.82, 2.24) is 10.2 Å². The van der Waals surface area contributed by atoms with Crippen molar-refractivity contribution in [1.29, 1.82) is 0 Å². The highest BCUT2D eigenvalue weighted by Gasteiger charge is 2.33. The summed E-state index contributed by atoms with van der Waals surface area (Å²) in [5.41, 5.74) is 0.318. The molecule has 38 heavy (non-hydrogen) atoms. The highest BCUT2D eigenvalue weighted by atomic mass is 32.2. The van der Waals surface area contributed by atoms with Gasteiger partial charge in [0.1, 0.15) is 18.4 Å². The number of carbonyl (C=O) groups excluding carboxylic acids is 2. The van der Waals surface area contributed by atoms with Crippen LogP contribution in [0.15, 0.2) is 77.7 Å². The molecule has 0 unspecified atom stereocenters. The van der Waals surface area contributed by atoms with Gasteiger partial charge in [-0.3, -0.25) is 13.9 Å². The van der Waals surface area contributed by atoms with Crippen LogP contribution in [0.25, 0.3) is 0 Å². The second-order valence-corrected chi connectivity index (χ2v) is 10.1. The molecule has 0 aliphatic heterocycles. The highest BCUT2D eigenvalue weighted by Crippen LogP contribution is 2.34. The quantitative estimate of drug-likeness (QED) is 0.398. The van der Waals surface area contributed by atoms with Gasteiger partial charge in [0.05, 0.1) is 24.8 Å². The maximum Gasteiger partial charge on any atom is 0.264 e. The molecule has 2 amide bonds. The minimum absolute atomic E-state index is 0.0393. The standard InChI is InChI=1S/C27H30FN3O6S/c1-19(27(33)29-2)30(17-20-10-8-9-13-23(20)28)26(32)18-31(38(34,35)22-11-6-5-7-12-22)21-14-15-24(36-3)25(16-21)37-4/h5-16,19H,17-18H2,1-4H3,(H,29,33)/t19-/m0/s1. The second-order valence-electron chi connectivity index (χ2n) is 8.27. The predicted octanol–water partition coefficient (Wildman–Crippen LogP) is 3.20. The number of nitrogens with zero attached hydrogens (tertiary/aromatic N) is 2. The van der Waals surface area contributed by atoms with Crippen molar-refractivity contribution in [2.24, 2.45) is 0 Å². The van der Waals surface area contributed by atoms with Gasteiger partial charge in [-0.05, 0) is 37.3 Å². The molecule has 11 heteroatoms. The van der Waals surface area contributed by atoms with Gasteiger partial charge in [-0.2, -0.15) is 0 Å². The average molecular weight is 544 g/mol. The number of benzene rings is 3. The van der Waals surface area contributed by atoms with Crippen LogP contribution in [-0.4, -0.2) is 59.0 Å². The number of nitrogens with one attached hydrogen (secondary N) is 1. The molecule has 3 rings (SSSR count). The Morgan fingerprint density at radius 2 is 1.58 bits per heavy atom. The van der Waals surface area contributed by atoms with Gasteiger partial charge >= 0.3 is 0 Å². The number of anilines is 1. The summed E-state index contributed by atoms with van der Waals surface area (Å²) in [5.74, 6) is -1.12. The third-order valence-electron chi connectivity index (χ3n) is 5.98. The Hall–Kier alpha value is -4.12. The lowest BCUT2D eigenvalue weighted by Gasteiger charge is -2.32. The summed E-state index contributed by atoms with van der Waals surface area (Å²) in [5, 5.41) is 2.48. The molecule has 9 nitrogen and oxygen atoms in total. The van der Waals surface area contributed by atoms with E-state index in [1.807, 2.05) is 0 Å². The highest BCUT2D eigenvalue weighted by molar-refractivity contribution is 7.92. The fraction of sp³-hybridized carbons (Fsp3) is 0.259. The van der Waals surface area contributed by atoms with Gasteiger partial charge in [-0.15, -0.1) is 0 Å². The van der Waals surface area contributed by atoms with Gasteiger partial charge in [0, 0.05) is 25.2 Å². The lowest BCUT2D eigenvalue weighted by molar-refractivity contribution is -0.139. The van der Waals surface area contributed by atoms with E-state index in [0.717, 1.165) is 9.21 Å². The second kappa shape index (κ2) is 12.4. The molecule has 3 aromatic carbocycles.